The summed E-state index contributed by atoms with van der Waals surface area (Å²) in [4.78, 5) is 1.33. The van der Waals surface area contributed by atoms with Gasteiger partial charge in [-0.15, -0.1) is 11.8 Å². The zero-order valence-electron chi connectivity index (χ0n) is 10.5. The molecule has 104 valence electrons. The van der Waals surface area contributed by atoms with E-state index in [1.54, 1.807) is 0 Å². The average Bonchev–Trinajstić information content (AvgIpc) is 2.80. The Morgan fingerprint density at radius 1 is 1.20 bits per heavy atom. The minimum atomic E-state index is -0.423. The van der Waals surface area contributed by atoms with E-state index in [1.807, 2.05) is 11.8 Å². The molecule has 1 atom stereocenters. The molecule has 1 heterocycles. The molecule has 0 saturated carbocycles. The smallest absolute Gasteiger partial charge is 0.126 e. The van der Waals surface area contributed by atoms with Crippen LogP contribution in [0.25, 0.3) is 0 Å². The first kappa shape index (κ1) is 14.1. The summed E-state index contributed by atoms with van der Waals surface area (Å²) >= 11 is 13.9. The second-order valence-electron chi connectivity index (χ2n) is 4.68. The third-order valence-electron chi connectivity index (χ3n) is 3.23. The van der Waals surface area contributed by atoms with E-state index in [9.17, 15) is 4.39 Å². The quantitative estimate of drug-likeness (QED) is 0.825. The van der Waals surface area contributed by atoms with Crippen LogP contribution in [-0.2, 0) is 6.42 Å². The molecule has 0 bridgehead atoms. The van der Waals surface area contributed by atoms with Gasteiger partial charge in [-0.2, -0.15) is 0 Å². The van der Waals surface area contributed by atoms with Crippen molar-refractivity contribution in [1.82, 2.24) is 0 Å². The van der Waals surface area contributed by atoms with Crippen LogP contribution in [0.4, 0.5) is 10.1 Å². The number of hydrogen-bond acceptors (Lipinski definition) is 2. The highest BCUT2D eigenvalue weighted by Crippen LogP contribution is 2.38. The maximum absolute atomic E-state index is 13.1. The van der Waals surface area contributed by atoms with Crippen molar-refractivity contribution in [2.45, 2.75) is 16.6 Å². The molecule has 2 aromatic carbocycles. The summed E-state index contributed by atoms with van der Waals surface area (Å²) < 4.78 is 13.1. The van der Waals surface area contributed by atoms with E-state index in [4.69, 9.17) is 23.2 Å². The zero-order valence-corrected chi connectivity index (χ0v) is 12.8. The Labute approximate surface area is 131 Å². The highest BCUT2D eigenvalue weighted by molar-refractivity contribution is 8.00. The Balaban J connectivity index is 1.67. The van der Waals surface area contributed by atoms with Crippen molar-refractivity contribution in [2.24, 2.45) is 0 Å². The summed E-state index contributed by atoms with van der Waals surface area (Å²) in [6, 6.07) is 10.9. The number of halogens is 3. The second kappa shape index (κ2) is 5.84. The lowest BCUT2D eigenvalue weighted by Gasteiger charge is -2.14. The van der Waals surface area contributed by atoms with Gasteiger partial charge in [0.15, 0.2) is 0 Å². The highest BCUT2D eigenvalue weighted by Gasteiger charge is 2.22. The fraction of sp³-hybridized carbons (Fsp3) is 0.200. The predicted octanol–water partition coefficient (Wildman–Crippen LogP) is 5.26. The van der Waals surface area contributed by atoms with Gasteiger partial charge in [0.05, 0.1) is 15.7 Å². The number of anilines is 1. The summed E-state index contributed by atoms with van der Waals surface area (Å²) in [6.45, 7) is 0.740. The van der Waals surface area contributed by atoms with Crippen LogP contribution in [0.15, 0.2) is 41.3 Å². The number of fused-ring (bicyclic) bond motifs is 1. The van der Waals surface area contributed by atoms with Crippen molar-refractivity contribution in [3.05, 3.63) is 57.8 Å². The number of thioether (sulfide) groups is 1. The maximum atomic E-state index is 13.1. The predicted molar refractivity (Wildman–Crippen MR) is 84.7 cm³/mol. The summed E-state index contributed by atoms with van der Waals surface area (Å²) in [5.74, 6) is -0.423. The normalized spacial score (nSPS) is 17.1. The summed E-state index contributed by atoms with van der Waals surface area (Å²) in [5, 5.41) is 4.30. The molecular formula is C15H12Cl2FNS. The third-order valence-corrected chi connectivity index (χ3v) is 5.14. The van der Waals surface area contributed by atoms with Crippen molar-refractivity contribution in [2.75, 3.05) is 11.9 Å². The maximum Gasteiger partial charge on any atom is 0.126 e. The SMILES string of the molecule is Fc1cc(Cl)c(NCC2Cc3ccccc3S2)c(Cl)c1. The van der Waals surface area contributed by atoms with Crippen molar-refractivity contribution in [1.29, 1.82) is 0 Å². The van der Waals surface area contributed by atoms with Crippen molar-refractivity contribution in [3.8, 4) is 0 Å². The monoisotopic (exact) mass is 327 g/mol. The Kier molecular flexibility index (Phi) is 4.11. The standard InChI is InChI=1S/C15H12Cl2FNS/c16-12-6-10(18)7-13(17)15(12)19-8-11-5-9-3-1-2-4-14(9)20-11/h1-4,6-7,11,19H,5,8H2. The van der Waals surface area contributed by atoms with Crippen LogP contribution in [0, 0.1) is 5.82 Å². The van der Waals surface area contributed by atoms with Crippen LogP contribution in [0.3, 0.4) is 0 Å². The van der Waals surface area contributed by atoms with Crippen LogP contribution in [-0.4, -0.2) is 11.8 Å². The molecule has 1 aliphatic heterocycles. The largest absolute Gasteiger partial charge is 0.381 e. The molecule has 0 saturated heterocycles. The lowest BCUT2D eigenvalue weighted by atomic mass is 10.1. The lowest BCUT2D eigenvalue weighted by Crippen LogP contribution is -2.16. The van der Waals surface area contributed by atoms with Crippen LogP contribution in [0.1, 0.15) is 5.56 Å². The van der Waals surface area contributed by atoms with Gasteiger partial charge in [-0.25, -0.2) is 4.39 Å². The number of nitrogens with one attached hydrogen (secondary N) is 1. The molecule has 0 aliphatic carbocycles. The van der Waals surface area contributed by atoms with Crippen LogP contribution in [0.2, 0.25) is 10.0 Å². The Bertz CT molecular complexity index is 600. The van der Waals surface area contributed by atoms with Gasteiger partial charge in [-0.05, 0) is 30.2 Å². The van der Waals surface area contributed by atoms with E-state index in [1.165, 1.54) is 22.6 Å². The fourth-order valence-electron chi connectivity index (χ4n) is 2.29. The number of rotatable bonds is 3. The van der Waals surface area contributed by atoms with E-state index in [2.05, 4.69) is 29.6 Å². The number of hydrogen-bond donors (Lipinski definition) is 1. The first-order valence-electron chi connectivity index (χ1n) is 6.26. The number of benzene rings is 2. The third kappa shape index (κ3) is 2.90. The Hall–Kier alpha value is -0.900. The first-order chi connectivity index (χ1) is 9.63. The van der Waals surface area contributed by atoms with E-state index >= 15 is 0 Å². The van der Waals surface area contributed by atoms with Crippen LogP contribution < -0.4 is 5.32 Å². The molecule has 1 aliphatic rings. The van der Waals surface area contributed by atoms with Gasteiger partial charge in [0.2, 0.25) is 0 Å². The topological polar surface area (TPSA) is 12.0 Å². The summed E-state index contributed by atoms with van der Waals surface area (Å²) in [5.41, 5.74) is 1.98. The summed E-state index contributed by atoms with van der Waals surface area (Å²) in [7, 11) is 0. The van der Waals surface area contributed by atoms with Crippen LogP contribution in [0.5, 0.6) is 0 Å². The molecule has 0 radical (unpaired) electrons. The highest BCUT2D eigenvalue weighted by atomic mass is 35.5. The average molecular weight is 328 g/mol. The second-order valence-corrected chi connectivity index (χ2v) is 6.83. The summed E-state index contributed by atoms with van der Waals surface area (Å²) in [6.07, 6.45) is 1.02. The molecule has 2 aromatic rings. The molecule has 0 fully saturated rings. The molecule has 5 heteroatoms. The molecule has 0 spiro atoms. The zero-order chi connectivity index (χ0) is 14.1. The fourth-order valence-corrected chi connectivity index (χ4v) is 4.14. The minimum Gasteiger partial charge on any atom is -0.381 e. The molecule has 1 N–H and O–H groups in total. The van der Waals surface area contributed by atoms with E-state index in [-0.39, 0.29) is 0 Å². The molecule has 20 heavy (non-hydrogen) atoms. The molecule has 3 rings (SSSR count). The molecule has 1 unspecified atom stereocenters. The van der Waals surface area contributed by atoms with Gasteiger partial charge < -0.3 is 5.32 Å². The van der Waals surface area contributed by atoms with E-state index in [0.29, 0.717) is 21.0 Å². The molecule has 0 amide bonds. The van der Waals surface area contributed by atoms with E-state index < -0.39 is 5.82 Å². The molecular weight excluding hydrogens is 316 g/mol. The lowest BCUT2D eigenvalue weighted by molar-refractivity contribution is 0.628. The first-order valence-corrected chi connectivity index (χ1v) is 7.90. The van der Waals surface area contributed by atoms with Gasteiger partial charge in [-0.3, -0.25) is 0 Å². The Morgan fingerprint density at radius 3 is 2.60 bits per heavy atom. The molecule has 1 nitrogen and oxygen atoms in total. The van der Waals surface area contributed by atoms with Crippen molar-refractivity contribution >= 4 is 40.7 Å². The van der Waals surface area contributed by atoms with Crippen molar-refractivity contribution < 1.29 is 4.39 Å². The van der Waals surface area contributed by atoms with Gasteiger partial charge in [0.25, 0.3) is 0 Å². The Morgan fingerprint density at radius 2 is 1.90 bits per heavy atom. The van der Waals surface area contributed by atoms with Gasteiger partial charge >= 0.3 is 0 Å². The van der Waals surface area contributed by atoms with Gasteiger partial charge in [-0.1, -0.05) is 41.4 Å². The molecule has 0 aromatic heterocycles. The minimum absolute atomic E-state index is 0.315. The van der Waals surface area contributed by atoms with Crippen molar-refractivity contribution in [3.63, 3.8) is 0 Å². The van der Waals surface area contributed by atoms with Gasteiger partial charge in [0, 0.05) is 16.7 Å². The van der Waals surface area contributed by atoms with Gasteiger partial charge in [0.1, 0.15) is 5.82 Å². The van der Waals surface area contributed by atoms with Crippen LogP contribution >= 0.6 is 35.0 Å². The van der Waals surface area contributed by atoms with E-state index in [0.717, 1.165) is 13.0 Å².